The molecule has 0 aromatic heterocycles. The molecule has 4 heteroatoms. The predicted molar refractivity (Wildman–Crippen MR) is 77.0 cm³/mol. The van der Waals surface area contributed by atoms with E-state index in [-0.39, 0.29) is 5.97 Å². The number of ether oxygens (including phenoxy) is 2. The Morgan fingerprint density at radius 2 is 1.79 bits per heavy atom. The van der Waals surface area contributed by atoms with Gasteiger partial charge in [-0.1, -0.05) is 6.07 Å². The highest BCUT2D eigenvalue weighted by molar-refractivity contribution is 5.85. The Bertz CT molecular complexity index is 481. The molecule has 0 fully saturated rings. The van der Waals surface area contributed by atoms with Crippen molar-refractivity contribution in [2.45, 2.75) is 33.2 Å². The number of hydrogen-bond acceptors (Lipinski definition) is 4. The molecule has 0 saturated heterocycles. The molecule has 0 unspecified atom stereocenters. The number of rotatable bonds is 4. The summed E-state index contributed by atoms with van der Waals surface area (Å²) in [5.74, 6) is 0.481. The molecule has 0 aliphatic carbocycles. The number of nitrogens with zero attached hydrogens (tertiary/aromatic N) is 1. The molecular formula is C15H23NO3. The van der Waals surface area contributed by atoms with E-state index in [9.17, 15) is 4.79 Å². The Morgan fingerprint density at radius 3 is 2.26 bits per heavy atom. The fourth-order valence-electron chi connectivity index (χ4n) is 2.17. The summed E-state index contributed by atoms with van der Waals surface area (Å²) >= 11 is 0. The molecule has 0 saturated carbocycles. The van der Waals surface area contributed by atoms with E-state index in [0.717, 1.165) is 22.6 Å². The van der Waals surface area contributed by atoms with Crippen LogP contribution in [0.4, 0.5) is 5.69 Å². The van der Waals surface area contributed by atoms with Gasteiger partial charge in [-0.25, -0.2) is 4.79 Å². The molecule has 1 aromatic rings. The zero-order valence-electron chi connectivity index (χ0n) is 12.8. The van der Waals surface area contributed by atoms with Gasteiger partial charge in [0.1, 0.15) is 11.3 Å². The van der Waals surface area contributed by atoms with Gasteiger partial charge in [0.2, 0.25) is 0 Å². The van der Waals surface area contributed by atoms with Crippen molar-refractivity contribution < 1.29 is 14.3 Å². The van der Waals surface area contributed by atoms with Crippen LogP contribution >= 0.6 is 0 Å². The van der Waals surface area contributed by atoms with Crippen LogP contribution in [0.3, 0.4) is 0 Å². The maximum Gasteiger partial charge on any atom is 0.331 e. The van der Waals surface area contributed by atoms with Gasteiger partial charge in [0.05, 0.1) is 19.9 Å². The van der Waals surface area contributed by atoms with E-state index < -0.39 is 5.54 Å². The summed E-state index contributed by atoms with van der Waals surface area (Å²) in [5, 5.41) is 0. The van der Waals surface area contributed by atoms with Crippen LogP contribution in [0.5, 0.6) is 5.75 Å². The number of carbonyl (C=O) groups excluding carboxylic acids is 1. The summed E-state index contributed by atoms with van der Waals surface area (Å²) < 4.78 is 10.3. The summed E-state index contributed by atoms with van der Waals surface area (Å²) in [7, 11) is 4.91. The van der Waals surface area contributed by atoms with Gasteiger partial charge in [-0.3, -0.25) is 0 Å². The van der Waals surface area contributed by atoms with Gasteiger partial charge >= 0.3 is 5.97 Å². The SMILES string of the molecule is COC(=O)C(C)(C)N(C)c1c(C)cc(C)cc1OC. The lowest BCUT2D eigenvalue weighted by atomic mass is 10.00. The van der Waals surface area contributed by atoms with Crippen LogP contribution in [-0.2, 0) is 9.53 Å². The quantitative estimate of drug-likeness (QED) is 0.785. The van der Waals surface area contributed by atoms with Gasteiger partial charge in [0.15, 0.2) is 0 Å². The average Bonchev–Trinajstić information content (AvgIpc) is 2.35. The van der Waals surface area contributed by atoms with E-state index in [0.29, 0.717) is 0 Å². The first-order chi connectivity index (χ1) is 8.75. The summed E-state index contributed by atoms with van der Waals surface area (Å²) in [6.07, 6.45) is 0. The highest BCUT2D eigenvalue weighted by Crippen LogP contribution is 2.36. The molecule has 0 aliphatic heterocycles. The molecule has 19 heavy (non-hydrogen) atoms. The number of carbonyl (C=O) groups is 1. The predicted octanol–water partition coefficient (Wildman–Crippen LogP) is 2.70. The second-order valence-corrected chi connectivity index (χ2v) is 5.24. The average molecular weight is 265 g/mol. The van der Waals surface area contributed by atoms with Crippen molar-refractivity contribution in [2.24, 2.45) is 0 Å². The van der Waals surface area contributed by atoms with E-state index in [1.165, 1.54) is 7.11 Å². The fourth-order valence-corrected chi connectivity index (χ4v) is 2.17. The van der Waals surface area contributed by atoms with E-state index in [2.05, 4.69) is 6.07 Å². The third-order valence-corrected chi connectivity index (χ3v) is 3.49. The lowest BCUT2D eigenvalue weighted by molar-refractivity contribution is -0.145. The molecule has 0 spiro atoms. The Balaban J connectivity index is 3.33. The molecular weight excluding hydrogens is 242 g/mol. The summed E-state index contributed by atoms with van der Waals surface area (Å²) in [6, 6.07) is 4.04. The maximum atomic E-state index is 11.9. The molecule has 4 nitrogen and oxygen atoms in total. The number of esters is 1. The van der Waals surface area contributed by atoms with Crippen molar-refractivity contribution in [3.8, 4) is 5.75 Å². The van der Waals surface area contributed by atoms with Crippen LogP contribution in [0.25, 0.3) is 0 Å². The monoisotopic (exact) mass is 265 g/mol. The molecule has 0 amide bonds. The van der Waals surface area contributed by atoms with Crippen LogP contribution in [0.1, 0.15) is 25.0 Å². The maximum absolute atomic E-state index is 11.9. The van der Waals surface area contributed by atoms with Gasteiger partial charge in [0, 0.05) is 7.05 Å². The van der Waals surface area contributed by atoms with E-state index in [1.807, 2.05) is 45.7 Å². The van der Waals surface area contributed by atoms with Crippen LogP contribution in [0, 0.1) is 13.8 Å². The second kappa shape index (κ2) is 5.51. The molecule has 0 atom stereocenters. The number of hydrogen-bond donors (Lipinski definition) is 0. The Kier molecular flexibility index (Phi) is 4.45. The van der Waals surface area contributed by atoms with Crippen molar-refractivity contribution in [3.63, 3.8) is 0 Å². The third-order valence-electron chi connectivity index (χ3n) is 3.49. The standard InChI is InChI=1S/C15H23NO3/c1-10-8-11(2)13(12(9-10)18-6)16(5)15(3,4)14(17)19-7/h8-9H,1-7H3. The Labute approximate surface area is 115 Å². The van der Waals surface area contributed by atoms with Crippen LogP contribution in [0.2, 0.25) is 0 Å². The minimum absolute atomic E-state index is 0.281. The molecule has 0 radical (unpaired) electrons. The van der Waals surface area contributed by atoms with Gasteiger partial charge in [0.25, 0.3) is 0 Å². The largest absolute Gasteiger partial charge is 0.495 e. The van der Waals surface area contributed by atoms with Gasteiger partial charge in [-0.2, -0.15) is 0 Å². The lowest BCUT2D eigenvalue weighted by Gasteiger charge is -2.36. The molecule has 1 aromatic carbocycles. The lowest BCUT2D eigenvalue weighted by Crippen LogP contribution is -2.49. The molecule has 106 valence electrons. The number of anilines is 1. The number of aryl methyl sites for hydroxylation is 2. The third kappa shape index (κ3) is 2.83. The topological polar surface area (TPSA) is 38.8 Å². The molecule has 0 bridgehead atoms. The van der Waals surface area contributed by atoms with Crippen molar-refractivity contribution >= 4 is 11.7 Å². The van der Waals surface area contributed by atoms with Crippen molar-refractivity contribution in [1.82, 2.24) is 0 Å². The molecule has 1 rings (SSSR count). The van der Waals surface area contributed by atoms with Gasteiger partial charge in [-0.05, 0) is 44.9 Å². The first-order valence-electron chi connectivity index (χ1n) is 6.23. The molecule has 0 heterocycles. The van der Waals surface area contributed by atoms with Crippen LogP contribution in [0.15, 0.2) is 12.1 Å². The Morgan fingerprint density at radius 1 is 1.21 bits per heavy atom. The van der Waals surface area contributed by atoms with E-state index in [4.69, 9.17) is 9.47 Å². The molecule has 0 N–H and O–H groups in total. The zero-order chi connectivity index (χ0) is 14.8. The normalized spacial score (nSPS) is 11.1. The van der Waals surface area contributed by atoms with Crippen molar-refractivity contribution in [2.75, 3.05) is 26.2 Å². The molecule has 0 aliphatic rings. The van der Waals surface area contributed by atoms with Crippen molar-refractivity contribution in [1.29, 1.82) is 0 Å². The Hall–Kier alpha value is -1.71. The van der Waals surface area contributed by atoms with Gasteiger partial charge in [-0.15, -0.1) is 0 Å². The van der Waals surface area contributed by atoms with Gasteiger partial charge < -0.3 is 14.4 Å². The number of methoxy groups -OCH3 is 2. The van der Waals surface area contributed by atoms with E-state index in [1.54, 1.807) is 7.11 Å². The highest BCUT2D eigenvalue weighted by atomic mass is 16.5. The first kappa shape index (κ1) is 15.3. The van der Waals surface area contributed by atoms with E-state index >= 15 is 0 Å². The summed E-state index contributed by atoms with van der Waals surface area (Å²) in [4.78, 5) is 13.8. The highest BCUT2D eigenvalue weighted by Gasteiger charge is 2.35. The van der Waals surface area contributed by atoms with Crippen LogP contribution in [-0.4, -0.2) is 32.8 Å². The smallest absolute Gasteiger partial charge is 0.331 e. The van der Waals surface area contributed by atoms with Crippen LogP contribution < -0.4 is 9.64 Å². The fraction of sp³-hybridized carbons (Fsp3) is 0.533. The number of likely N-dealkylation sites (N-methyl/N-ethyl adjacent to an activating group) is 1. The number of benzene rings is 1. The minimum Gasteiger partial charge on any atom is -0.495 e. The summed E-state index contributed by atoms with van der Waals surface area (Å²) in [6.45, 7) is 7.69. The minimum atomic E-state index is -0.762. The second-order valence-electron chi connectivity index (χ2n) is 5.24. The van der Waals surface area contributed by atoms with Crippen molar-refractivity contribution in [3.05, 3.63) is 23.3 Å². The summed E-state index contributed by atoms with van der Waals surface area (Å²) in [5.41, 5.74) is 2.34. The zero-order valence-corrected chi connectivity index (χ0v) is 12.8. The first-order valence-corrected chi connectivity index (χ1v) is 6.23.